The van der Waals surface area contributed by atoms with Crippen LogP contribution in [0.15, 0.2) is 52.0 Å². The molecule has 0 aliphatic carbocycles. The summed E-state index contributed by atoms with van der Waals surface area (Å²) >= 11 is -1.89. The van der Waals surface area contributed by atoms with Crippen molar-refractivity contribution in [3.05, 3.63) is 59.7 Å². The van der Waals surface area contributed by atoms with E-state index in [0.29, 0.717) is 11.8 Å². The molecule has 0 spiro atoms. The number of rotatable bonds is 4. The second-order valence-corrected chi connectivity index (χ2v) is 13.9. The Hall–Kier alpha value is -1.07. The van der Waals surface area contributed by atoms with Gasteiger partial charge in [0.2, 0.25) is 0 Å². The second kappa shape index (κ2) is 7.87. The fourth-order valence-electron chi connectivity index (χ4n) is 2.80. The molecule has 2 rings (SSSR count). The van der Waals surface area contributed by atoms with Gasteiger partial charge in [-0.2, -0.15) is 0 Å². The molecule has 0 bridgehead atoms. The third kappa shape index (κ3) is 4.51. The number of benzene rings is 2. The van der Waals surface area contributed by atoms with Crippen LogP contribution in [0.5, 0.6) is 0 Å². The van der Waals surface area contributed by atoms with Crippen LogP contribution in [0, 0.1) is 0 Å². The summed E-state index contributed by atoms with van der Waals surface area (Å²) in [4.78, 5) is 0. The van der Waals surface area contributed by atoms with E-state index in [9.17, 15) is 0 Å². The average Bonchev–Trinajstić information content (AvgIpc) is 2.51. The summed E-state index contributed by atoms with van der Waals surface area (Å²) in [6, 6.07) is 17.7. The summed E-state index contributed by atoms with van der Waals surface area (Å²) in [6.07, 6.45) is 0. The van der Waals surface area contributed by atoms with E-state index < -0.39 is 17.1 Å². The summed E-state index contributed by atoms with van der Waals surface area (Å²) in [7, 11) is 0. The molecule has 0 saturated carbocycles. The normalized spacial score (nSPS) is 13.0. The van der Waals surface area contributed by atoms with Gasteiger partial charge in [0.05, 0.1) is 0 Å². The molecule has 128 valence electrons. The van der Waals surface area contributed by atoms with Gasteiger partial charge in [0.1, 0.15) is 0 Å². The van der Waals surface area contributed by atoms with E-state index in [2.05, 4.69) is 97.0 Å². The Morgan fingerprint density at radius 1 is 0.750 bits per heavy atom. The molecule has 0 aromatic heterocycles. The topological polar surface area (TPSA) is 12.4 Å². The zero-order chi connectivity index (χ0) is 17.9. The first-order chi connectivity index (χ1) is 11.2. The Bertz CT molecular complexity index is 680. The van der Waals surface area contributed by atoms with Crippen LogP contribution in [0.1, 0.15) is 71.4 Å². The molecule has 0 fully saturated rings. The molecule has 0 aliphatic heterocycles. The van der Waals surface area contributed by atoms with Crippen molar-refractivity contribution >= 4 is 9.64 Å². The Morgan fingerprint density at radius 3 is 1.67 bits per heavy atom. The molecule has 0 N–H and O–H groups in total. The molecule has 2 aromatic carbocycles. The molecule has 0 saturated heterocycles. The molecule has 0 atom stereocenters. The van der Waals surface area contributed by atoms with Gasteiger partial charge < -0.3 is 0 Å². The van der Waals surface area contributed by atoms with Gasteiger partial charge in [-0.25, -0.2) is 0 Å². The molecular weight excluding hydrogens is 374 g/mol. The van der Waals surface area contributed by atoms with Crippen LogP contribution in [0.4, 0.5) is 5.69 Å². The summed E-state index contributed by atoms with van der Waals surface area (Å²) in [5.41, 5.74) is 4.07. The predicted octanol–water partition coefficient (Wildman–Crippen LogP) is 6.91. The van der Waals surface area contributed by atoms with Gasteiger partial charge in [0, 0.05) is 0 Å². The van der Waals surface area contributed by atoms with Crippen molar-refractivity contribution in [2.45, 2.75) is 64.1 Å². The molecule has 1 nitrogen and oxygen atoms in total. The molecule has 0 amide bonds. The summed E-state index contributed by atoms with van der Waals surface area (Å²) < 4.78 is 7.21. The van der Waals surface area contributed by atoms with Gasteiger partial charge >= 0.3 is 154 Å². The van der Waals surface area contributed by atoms with Crippen molar-refractivity contribution in [2.24, 2.45) is 3.50 Å². The summed E-state index contributed by atoms with van der Waals surface area (Å²) in [6.45, 7) is 16.2. The van der Waals surface area contributed by atoms with E-state index in [1.165, 1.54) is 20.8 Å². The molecule has 2 aromatic rings. The predicted molar refractivity (Wildman–Crippen MR) is 102 cm³/mol. The minimum absolute atomic E-state index is 0.239. The average molecular weight is 405 g/mol. The van der Waals surface area contributed by atoms with Crippen LogP contribution in [0.2, 0.25) is 3.80 Å². The zero-order valence-corrected chi connectivity index (χ0v) is 18.1. The Labute approximate surface area is 153 Å². The van der Waals surface area contributed by atoms with Crippen LogP contribution in [-0.2, 0) is 17.1 Å². The monoisotopic (exact) mass is 407 g/mol. The zero-order valence-electron chi connectivity index (χ0n) is 16.1. The fraction of sp³-hybridized carbons (Fsp3) is 0.455. The first-order valence-corrected chi connectivity index (χ1v) is 11.8. The van der Waals surface area contributed by atoms with Crippen molar-refractivity contribution in [3.63, 3.8) is 0 Å². The molecule has 0 unspecified atom stereocenters. The van der Waals surface area contributed by atoms with Crippen molar-refractivity contribution in [2.75, 3.05) is 0 Å². The molecule has 0 aliphatic rings. The van der Waals surface area contributed by atoms with Gasteiger partial charge in [0.25, 0.3) is 0 Å². The van der Waals surface area contributed by atoms with Crippen LogP contribution < -0.4 is 3.95 Å². The Balaban J connectivity index is 2.74. The van der Waals surface area contributed by atoms with Crippen LogP contribution in [-0.4, -0.2) is 0 Å². The van der Waals surface area contributed by atoms with E-state index in [1.807, 2.05) is 0 Å². The van der Waals surface area contributed by atoms with E-state index in [-0.39, 0.29) is 3.80 Å². The van der Waals surface area contributed by atoms with Crippen molar-refractivity contribution in [1.82, 2.24) is 0 Å². The Kier molecular flexibility index (Phi) is 6.32. The van der Waals surface area contributed by atoms with E-state index in [4.69, 9.17) is 3.50 Å². The quantitative estimate of drug-likeness (QED) is 0.490. The Morgan fingerprint density at radius 2 is 1.25 bits per heavy atom. The number of hydrogen-bond donors (Lipinski definition) is 0. The SMILES string of the molecule is CC(C)c1cccc(C(C)C)c1[N]=[Mo+2]([c]1ccccc1)[C](C)(C)C. The number of hydrogen-bond acceptors (Lipinski definition) is 1. The van der Waals surface area contributed by atoms with Crippen molar-refractivity contribution in [3.8, 4) is 0 Å². The van der Waals surface area contributed by atoms with Gasteiger partial charge in [0.15, 0.2) is 0 Å². The van der Waals surface area contributed by atoms with E-state index in [1.54, 1.807) is 0 Å². The summed E-state index contributed by atoms with van der Waals surface area (Å²) in [5, 5.41) is 0. The van der Waals surface area contributed by atoms with Gasteiger partial charge in [-0.3, -0.25) is 0 Å². The molecule has 0 radical (unpaired) electrons. The summed E-state index contributed by atoms with van der Waals surface area (Å²) in [5.74, 6) is 0.997. The molecule has 0 heterocycles. The molecular formula is C22H31MoN+2. The van der Waals surface area contributed by atoms with Gasteiger partial charge in [-0.15, -0.1) is 0 Å². The standard InChI is InChI=1S/C12H17N.C6H5.C4H9.Mo/c1-8(2)10-6-5-7-11(9(3)4)12(10)13;1-2-4-6-5-3-1;1-4(2)3;/h5-9H,1-4H3;1-5H;1-3H3;/q;;;+2. The van der Waals surface area contributed by atoms with Crippen LogP contribution in [0.25, 0.3) is 0 Å². The molecule has 24 heavy (non-hydrogen) atoms. The third-order valence-corrected chi connectivity index (χ3v) is 9.59. The van der Waals surface area contributed by atoms with Crippen LogP contribution in [0.3, 0.4) is 0 Å². The second-order valence-electron chi connectivity index (χ2n) is 7.90. The molecule has 2 heteroatoms. The number of nitrogens with zero attached hydrogens (tertiary/aromatic N) is 1. The maximum absolute atomic E-state index is 5.51. The van der Waals surface area contributed by atoms with Crippen molar-refractivity contribution in [1.29, 1.82) is 0 Å². The minimum atomic E-state index is -1.89. The van der Waals surface area contributed by atoms with Gasteiger partial charge in [-0.05, 0) is 0 Å². The first kappa shape index (κ1) is 19.3. The van der Waals surface area contributed by atoms with E-state index >= 15 is 0 Å². The van der Waals surface area contributed by atoms with Crippen LogP contribution >= 0.6 is 0 Å². The third-order valence-electron chi connectivity index (χ3n) is 4.07. The fourth-order valence-corrected chi connectivity index (χ4v) is 7.46. The van der Waals surface area contributed by atoms with E-state index in [0.717, 1.165) is 0 Å². The first-order valence-electron chi connectivity index (χ1n) is 8.86. The van der Waals surface area contributed by atoms with Crippen molar-refractivity contribution < 1.29 is 17.1 Å². The maximum atomic E-state index is 5.51. The van der Waals surface area contributed by atoms with Gasteiger partial charge in [-0.1, -0.05) is 0 Å².